The van der Waals surface area contributed by atoms with Crippen molar-refractivity contribution in [2.24, 2.45) is 5.92 Å². The van der Waals surface area contributed by atoms with E-state index in [1.807, 2.05) is 0 Å². The molecular weight excluding hydrogens is 320 g/mol. The van der Waals surface area contributed by atoms with Gasteiger partial charge in [-0.05, 0) is 50.2 Å². The standard InChI is InChI=1S/C19H26N2O4/c1-14(22)20-17-8-6-15(7-9-17)19(24)16(12-18(23)25-2)13-21-10-4-3-5-11-21/h6-9,16H,3-5,10-13H2,1-2H3,(H,20,22). The molecule has 2 rings (SSSR count). The van der Waals surface area contributed by atoms with Gasteiger partial charge in [0.1, 0.15) is 0 Å². The summed E-state index contributed by atoms with van der Waals surface area (Å²) >= 11 is 0. The minimum absolute atomic E-state index is 0.0645. The number of ether oxygens (including phenoxy) is 1. The van der Waals surface area contributed by atoms with Crippen molar-refractivity contribution in [1.82, 2.24) is 4.90 Å². The number of benzene rings is 1. The molecule has 0 spiro atoms. The van der Waals surface area contributed by atoms with Gasteiger partial charge in [0, 0.05) is 30.6 Å². The van der Waals surface area contributed by atoms with Crippen LogP contribution in [-0.4, -0.2) is 49.3 Å². The molecule has 1 aliphatic heterocycles. The molecule has 6 heteroatoms. The van der Waals surface area contributed by atoms with Crippen LogP contribution < -0.4 is 5.32 Å². The zero-order valence-electron chi connectivity index (χ0n) is 14.9. The predicted molar refractivity (Wildman–Crippen MR) is 95.5 cm³/mol. The summed E-state index contributed by atoms with van der Waals surface area (Å²) in [5.41, 5.74) is 1.18. The molecule has 1 N–H and O–H groups in total. The van der Waals surface area contributed by atoms with Gasteiger partial charge in [0.15, 0.2) is 5.78 Å². The number of hydrogen-bond donors (Lipinski definition) is 1. The highest BCUT2D eigenvalue weighted by Gasteiger charge is 2.26. The maximum Gasteiger partial charge on any atom is 0.306 e. The first-order valence-electron chi connectivity index (χ1n) is 8.70. The predicted octanol–water partition coefficient (Wildman–Crippen LogP) is 2.49. The topological polar surface area (TPSA) is 75.7 Å². The number of hydrogen-bond acceptors (Lipinski definition) is 5. The summed E-state index contributed by atoms with van der Waals surface area (Å²) in [6, 6.07) is 6.78. The lowest BCUT2D eigenvalue weighted by atomic mass is 9.93. The fourth-order valence-corrected chi connectivity index (χ4v) is 3.14. The van der Waals surface area contributed by atoms with Crippen molar-refractivity contribution < 1.29 is 19.1 Å². The smallest absolute Gasteiger partial charge is 0.306 e. The molecule has 0 saturated carbocycles. The summed E-state index contributed by atoms with van der Waals surface area (Å²) in [6.07, 6.45) is 3.56. The van der Waals surface area contributed by atoms with E-state index in [9.17, 15) is 14.4 Å². The number of nitrogens with one attached hydrogen (secondary N) is 1. The van der Waals surface area contributed by atoms with Gasteiger partial charge in [0.2, 0.25) is 5.91 Å². The van der Waals surface area contributed by atoms with Gasteiger partial charge in [-0.25, -0.2) is 0 Å². The highest BCUT2D eigenvalue weighted by Crippen LogP contribution is 2.19. The van der Waals surface area contributed by atoms with Gasteiger partial charge in [-0.1, -0.05) is 6.42 Å². The summed E-state index contributed by atoms with van der Waals surface area (Å²) in [4.78, 5) is 37.9. The van der Waals surface area contributed by atoms with E-state index in [4.69, 9.17) is 4.74 Å². The van der Waals surface area contributed by atoms with Crippen LogP contribution in [0.15, 0.2) is 24.3 Å². The van der Waals surface area contributed by atoms with Crippen molar-refractivity contribution in [2.45, 2.75) is 32.6 Å². The third-order valence-electron chi connectivity index (χ3n) is 4.43. The lowest BCUT2D eigenvalue weighted by Crippen LogP contribution is -2.37. The Morgan fingerprint density at radius 1 is 1.12 bits per heavy atom. The quantitative estimate of drug-likeness (QED) is 0.606. The van der Waals surface area contributed by atoms with Crippen LogP contribution in [0, 0.1) is 5.92 Å². The van der Waals surface area contributed by atoms with Gasteiger partial charge >= 0.3 is 5.97 Å². The Hall–Kier alpha value is -2.21. The molecular formula is C19H26N2O4. The molecule has 0 aromatic heterocycles. The van der Waals surface area contributed by atoms with Crippen LogP contribution in [0.25, 0.3) is 0 Å². The van der Waals surface area contributed by atoms with Gasteiger partial charge in [-0.3, -0.25) is 14.4 Å². The summed E-state index contributed by atoms with van der Waals surface area (Å²) < 4.78 is 4.76. The molecule has 1 saturated heterocycles. The summed E-state index contributed by atoms with van der Waals surface area (Å²) in [5, 5.41) is 2.67. The number of nitrogens with zero attached hydrogens (tertiary/aromatic N) is 1. The number of ketones is 1. The SMILES string of the molecule is COC(=O)CC(CN1CCCCC1)C(=O)c1ccc(NC(C)=O)cc1. The second-order valence-corrected chi connectivity index (χ2v) is 6.46. The van der Waals surface area contributed by atoms with Crippen molar-refractivity contribution in [2.75, 3.05) is 32.1 Å². The van der Waals surface area contributed by atoms with Crippen LogP contribution in [0.5, 0.6) is 0 Å². The molecule has 0 radical (unpaired) electrons. The lowest BCUT2D eigenvalue weighted by Gasteiger charge is -2.29. The largest absolute Gasteiger partial charge is 0.469 e. The molecule has 1 unspecified atom stereocenters. The molecule has 1 aliphatic rings. The summed E-state index contributed by atoms with van der Waals surface area (Å²) in [6.45, 7) is 3.93. The van der Waals surface area contributed by atoms with Crippen molar-refractivity contribution in [3.63, 3.8) is 0 Å². The number of Topliss-reactive ketones (excluding diaryl/α,β-unsaturated/α-hetero) is 1. The minimum Gasteiger partial charge on any atom is -0.469 e. The zero-order chi connectivity index (χ0) is 18.2. The van der Waals surface area contributed by atoms with Crippen molar-refractivity contribution in [3.05, 3.63) is 29.8 Å². The molecule has 0 bridgehead atoms. The van der Waals surface area contributed by atoms with Crippen molar-refractivity contribution in [1.29, 1.82) is 0 Å². The number of anilines is 1. The van der Waals surface area contributed by atoms with Crippen LogP contribution in [-0.2, 0) is 14.3 Å². The highest BCUT2D eigenvalue weighted by atomic mass is 16.5. The van der Waals surface area contributed by atoms with E-state index in [1.54, 1.807) is 24.3 Å². The average Bonchev–Trinajstić information content (AvgIpc) is 2.61. The molecule has 25 heavy (non-hydrogen) atoms. The van der Waals surface area contributed by atoms with Gasteiger partial charge in [-0.2, -0.15) is 0 Å². The number of carbonyl (C=O) groups excluding carboxylic acids is 3. The maximum atomic E-state index is 12.9. The maximum absolute atomic E-state index is 12.9. The molecule has 1 fully saturated rings. The van der Waals surface area contributed by atoms with Crippen molar-refractivity contribution >= 4 is 23.3 Å². The normalized spacial score (nSPS) is 16.1. The van der Waals surface area contributed by atoms with Crippen molar-refractivity contribution in [3.8, 4) is 0 Å². The fourth-order valence-electron chi connectivity index (χ4n) is 3.14. The van der Waals surface area contributed by atoms with E-state index in [0.717, 1.165) is 25.9 Å². The third-order valence-corrected chi connectivity index (χ3v) is 4.43. The molecule has 1 aromatic rings. The van der Waals surface area contributed by atoms with Gasteiger partial charge in [0.05, 0.1) is 13.5 Å². The first kappa shape index (κ1) is 19.1. The molecule has 1 aromatic carbocycles. The summed E-state index contributed by atoms with van der Waals surface area (Å²) in [5.74, 6) is -1.01. The molecule has 1 heterocycles. The van der Waals surface area contributed by atoms with Crippen LogP contribution in [0.2, 0.25) is 0 Å². The molecule has 6 nitrogen and oxygen atoms in total. The Balaban J connectivity index is 2.09. The van der Waals surface area contributed by atoms with Gasteiger partial charge in [-0.15, -0.1) is 0 Å². The van der Waals surface area contributed by atoms with Crippen LogP contribution in [0.4, 0.5) is 5.69 Å². The Morgan fingerprint density at radius 2 is 1.76 bits per heavy atom. The number of methoxy groups -OCH3 is 1. The Kier molecular flexibility index (Phi) is 7.13. The van der Waals surface area contributed by atoms with E-state index in [2.05, 4.69) is 10.2 Å². The zero-order valence-corrected chi connectivity index (χ0v) is 14.9. The Bertz CT molecular complexity index is 606. The number of likely N-dealkylation sites (tertiary alicyclic amines) is 1. The van der Waals surface area contributed by atoms with Crippen LogP contribution in [0.1, 0.15) is 43.0 Å². The fraction of sp³-hybridized carbons (Fsp3) is 0.526. The third kappa shape index (κ3) is 5.98. The molecule has 1 atom stereocenters. The Labute approximate surface area is 148 Å². The second-order valence-electron chi connectivity index (χ2n) is 6.46. The van der Waals surface area contributed by atoms with E-state index in [-0.39, 0.29) is 24.1 Å². The number of carbonyl (C=O) groups is 3. The average molecular weight is 346 g/mol. The first-order valence-corrected chi connectivity index (χ1v) is 8.70. The molecule has 1 amide bonds. The number of esters is 1. The van der Waals surface area contributed by atoms with Gasteiger partial charge < -0.3 is 15.0 Å². The van der Waals surface area contributed by atoms with Crippen LogP contribution >= 0.6 is 0 Å². The lowest BCUT2D eigenvalue weighted by molar-refractivity contribution is -0.141. The Morgan fingerprint density at radius 3 is 2.32 bits per heavy atom. The summed E-state index contributed by atoms with van der Waals surface area (Å²) in [7, 11) is 1.34. The van der Waals surface area contributed by atoms with Crippen LogP contribution in [0.3, 0.4) is 0 Å². The van der Waals surface area contributed by atoms with E-state index < -0.39 is 5.92 Å². The second kappa shape index (κ2) is 9.32. The monoisotopic (exact) mass is 346 g/mol. The van der Waals surface area contributed by atoms with E-state index in [0.29, 0.717) is 17.8 Å². The highest BCUT2D eigenvalue weighted by molar-refractivity contribution is 6.00. The minimum atomic E-state index is -0.419. The van der Waals surface area contributed by atoms with E-state index >= 15 is 0 Å². The number of rotatable bonds is 7. The van der Waals surface area contributed by atoms with E-state index in [1.165, 1.54) is 20.5 Å². The number of piperidine rings is 1. The molecule has 0 aliphatic carbocycles. The number of amides is 1. The molecule has 136 valence electrons. The first-order chi connectivity index (χ1) is 12.0. The van der Waals surface area contributed by atoms with Gasteiger partial charge in [0.25, 0.3) is 0 Å².